The van der Waals surface area contributed by atoms with Gasteiger partial charge in [-0.25, -0.2) is 4.79 Å². The lowest BCUT2D eigenvalue weighted by Gasteiger charge is -2.18. The van der Waals surface area contributed by atoms with Crippen LogP contribution in [-0.2, 0) is 4.79 Å². The predicted molar refractivity (Wildman–Crippen MR) is 69.8 cm³/mol. The highest BCUT2D eigenvalue weighted by Gasteiger charge is 2.11. The molecule has 1 rings (SSSR count). The van der Waals surface area contributed by atoms with Crippen LogP contribution in [-0.4, -0.2) is 35.6 Å². The van der Waals surface area contributed by atoms with E-state index in [0.717, 1.165) is 5.56 Å². The van der Waals surface area contributed by atoms with Crippen molar-refractivity contribution in [1.82, 2.24) is 4.90 Å². The zero-order valence-electron chi connectivity index (χ0n) is 10.8. The van der Waals surface area contributed by atoms with E-state index in [-0.39, 0.29) is 13.0 Å². The van der Waals surface area contributed by atoms with Gasteiger partial charge in [-0.3, -0.25) is 4.79 Å². The van der Waals surface area contributed by atoms with Crippen LogP contribution < -0.4 is 5.32 Å². The van der Waals surface area contributed by atoms with Crippen LogP contribution in [0.15, 0.2) is 18.2 Å². The van der Waals surface area contributed by atoms with Gasteiger partial charge in [-0.1, -0.05) is 6.07 Å². The van der Waals surface area contributed by atoms with E-state index in [4.69, 9.17) is 10.4 Å². The normalized spacial score (nSPS) is 9.53. The summed E-state index contributed by atoms with van der Waals surface area (Å²) in [5, 5.41) is 20.0. The molecule has 0 aliphatic carbocycles. The molecule has 19 heavy (non-hydrogen) atoms. The topological polar surface area (TPSA) is 93.4 Å². The van der Waals surface area contributed by atoms with Crippen LogP contribution in [0.1, 0.15) is 17.5 Å². The summed E-state index contributed by atoms with van der Waals surface area (Å²) in [6.07, 6.45) is -0.110. The molecule has 2 amide bonds. The Morgan fingerprint density at radius 1 is 1.47 bits per heavy atom. The first-order chi connectivity index (χ1) is 8.93. The van der Waals surface area contributed by atoms with Crippen LogP contribution in [0.3, 0.4) is 0 Å². The van der Waals surface area contributed by atoms with Gasteiger partial charge in [0.2, 0.25) is 0 Å². The molecule has 0 fully saturated rings. The second-order valence-electron chi connectivity index (χ2n) is 4.14. The number of carboxylic acids is 1. The predicted octanol–water partition coefficient (Wildman–Crippen LogP) is 1.81. The first-order valence-electron chi connectivity index (χ1n) is 5.68. The Kier molecular flexibility index (Phi) is 4.89. The van der Waals surface area contributed by atoms with Crippen molar-refractivity contribution in [3.63, 3.8) is 0 Å². The molecule has 6 heteroatoms. The van der Waals surface area contributed by atoms with E-state index < -0.39 is 12.0 Å². The number of benzene rings is 1. The van der Waals surface area contributed by atoms with Gasteiger partial charge >= 0.3 is 12.0 Å². The molecule has 2 N–H and O–H groups in total. The SMILES string of the molecule is Cc1ccc(C#N)cc1NC(=O)N(C)CCC(=O)O. The molecule has 0 heterocycles. The molecule has 0 radical (unpaired) electrons. The van der Waals surface area contributed by atoms with Crippen LogP contribution in [0.2, 0.25) is 0 Å². The van der Waals surface area contributed by atoms with Gasteiger partial charge in [0.05, 0.1) is 18.1 Å². The Labute approximate surface area is 111 Å². The summed E-state index contributed by atoms with van der Waals surface area (Å²) in [5.74, 6) is -0.956. The molecule has 100 valence electrons. The van der Waals surface area contributed by atoms with E-state index in [1.54, 1.807) is 18.2 Å². The fourth-order valence-electron chi connectivity index (χ4n) is 1.40. The first kappa shape index (κ1) is 14.5. The molecule has 6 nitrogen and oxygen atoms in total. The average molecular weight is 261 g/mol. The summed E-state index contributed by atoms with van der Waals surface area (Å²) in [6, 6.07) is 6.58. The van der Waals surface area contributed by atoms with Crippen LogP contribution in [0.25, 0.3) is 0 Å². The lowest BCUT2D eigenvalue weighted by Crippen LogP contribution is -2.33. The van der Waals surface area contributed by atoms with E-state index in [0.29, 0.717) is 11.3 Å². The fourth-order valence-corrected chi connectivity index (χ4v) is 1.40. The van der Waals surface area contributed by atoms with Crippen LogP contribution in [0.4, 0.5) is 10.5 Å². The lowest BCUT2D eigenvalue weighted by atomic mass is 10.1. The van der Waals surface area contributed by atoms with Crippen LogP contribution in [0, 0.1) is 18.3 Å². The zero-order valence-corrected chi connectivity index (χ0v) is 10.8. The molecule has 0 saturated heterocycles. The number of carboxylic acid groups (broad SMARTS) is 1. The highest BCUT2D eigenvalue weighted by molar-refractivity contribution is 5.90. The molecule has 1 aromatic carbocycles. The second-order valence-corrected chi connectivity index (χ2v) is 4.14. The van der Waals surface area contributed by atoms with Crippen LogP contribution in [0.5, 0.6) is 0 Å². The number of hydrogen-bond donors (Lipinski definition) is 2. The largest absolute Gasteiger partial charge is 0.481 e. The minimum absolute atomic E-state index is 0.110. The molecular formula is C13H15N3O3. The lowest BCUT2D eigenvalue weighted by molar-refractivity contribution is -0.137. The summed E-state index contributed by atoms with van der Waals surface area (Å²) in [5.41, 5.74) is 1.83. The van der Waals surface area contributed by atoms with Gasteiger partial charge in [-0.15, -0.1) is 0 Å². The van der Waals surface area contributed by atoms with Crippen molar-refractivity contribution >= 4 is 17.7 Å². The Morgan fingerprint density at radius 3 is 2.74 bits per heavy atom. The molecule has 1 aromatic rings. The summed E-state index contributed by atoms with van der Waals surface area (Å²) >= 11 is 0. The Bertz CT molecular complexity index is 534. The molecule has 0 aliphatic rings. The number of aliphatic carboxylic acids is 1. The number of carbonyl (C=O) groups excluding carboxylic acids is 1. The van der Waals surface area contributed by atoms with E-state index >= 15 is 0 Å². The van der Waals surface area contributed by atoms with Gasteiger partial charge in [0, 0.05) is 19.3 Å². The number of amides is 2. The standard InChI is InChI=1S/C13H15N3O3/c1-9-3-4-10(8-14)7-11(9)15-13(19)16(2)6-5-12(17)18/h3-4,7H,5-6H2,1-2H3,(H,15,19)(H,17,18). The van der Waals surface area contributed by atoms with Crippen molar-refractivity contribution in [3.8, 4) is 6.07 Å². The maximum atomic E-state index is 11.8. The van der Waals surface area contributed by atoms with Gasteiger partial charge < -0.3 is 15.3 Å². The third-order valence-corrected chi connectivity index (χ3v) is 2.62. The van der Waals surface area contributed by atoms with Crippen LogP contribution >= 0.6 is 0 Å². The summed E-state index contributed by atoms with van der Waals surface area (Å²) in [6.45, 7) is 1.94. The van der Waals surface area contributed by atoms with Gasteiger partial charge in [-0.2, -0.15) is 5.26 Å². The Hall–Kier alpha value is -2.55. The van der Waals surface area contributed by atoms with E-state index in [2.05, 4.69) is 5.32 Å². The summed E-state index contributed by atoms with van der Waals surface area (Å²) < 4.78 is 0. The molecule has 0 unspecified atom stereocenters. The summed E-state index contributed by atoms with van der Waals surface area (Å²) in [7, 11) is 1.52. The number of hydrogen-bond acceptors (Lipinski definition) is 3. The minimum atomic E-state index is -0.956. The Morgan fingerprint density at radius 2 is 2.16 bits per heavy atom. The monoisotopic (exact) mass is 261 g/mol. The third kappa shape index (κ3) is 4.32. The van der Waals surface area contributed by atoms with E-state index in [9.17, 15) is 9.59 Å². The number of carbonyl (C=O) groups is 2. The van der Waals surface area contributed by atoms with Crippen molar-refractivity contribution in [2.45, 2.75) is 13.3 Å². The highest BCUT2D eigenvalue weighted by atomic mass is 16.4. The number of nitrogens with zero attached hydrogens (tertiary/aromatic N) is 2. The number of aryl methyl sites for hydroxylation is 1. The molecule has 0 aromatic heterocycles. The van der Waals surface area contributed by atoms with Gasteiger partial charge in [-0.05, 0) is 24.6 Å². The van der Waals surface area contributed by atoms with Crippen molar-refractivity contribution in [3.05, 3.63) is 29.3 Å². The smallest absolute Gasteiger partial charge is 0.321 e. The Balaban J connectivity index is 2.71. The van der Waals surface area contributed by atoms with E-state index in [1.807, 2.05) is 13.0 Å². The molecule has 0 spiro atoms. The third-order valence-electron chi connectivity index (χ3n) is 2.62. The zero-order chi connectivity index (χ0) is 14.4. The van der Waals surface area contributed by atoms with Crippen molar-refractivity contribution in [2.75, 3.05) is 18.9 Å². The van der Waals surface area contributed by atoms with E-state index in [1.165, 1.54) is 11.9 Å². The fraction of sp³-hybridized carbons (Fsp3) is 0.308. The molecule has 0 atom stereocenters. The number of anilines is 1. The van der Waals surface area contributed by atoms with Crippen molar-refractivity contribution in [1.29, 1.82) is 5.26 Å². The average Bonchev–Trinajstić information content (AvgIpc) is 2.38. The summed E-state index contributed by atoms with van der Waals surface area (Å²) in [4.78, 5) is 23.5. The second kappa shape index (κ2) is 6.40. The van der Waals surface area contributed by atoms with Crippen molar-refractivity contribution < 1.29 is 14.7 Å². The molecular weight excluding hydrogens is 246 g/mol. The maximum Gasteiger partial charge on any atom is 0.321 e. The van der Waals surface area contributed by atoms with Gasteiger partial charge in [0.1, 0.15) is 0 Å². The minimum Gasteiger partial charge on any atom is -0.481 e. The maximum absolute atomic E-state index is 11.8. The van der Waals surface area contributed by atoms with Gasteiger partial charge in [0.15, 0.2) is 0 Å². The number of urea groups is 1. The molecule has 0 aliphatic heterocycles. The first-order valence-corrected chi connectivity index (χ1v) is 5.68. The molecule has 0 saturated carbocycles. The number of nitriles is 1. The highest BCUT2D eigenvalue weighted by Crippen LogP contribution is 2.16. The number of rotatable bonds is 4. The van der Waals surface area contributed by atoms with Gasteiger partial charge in [0.25, 0.3) is 0 Å². The quantitative estimate of drug-likeness (QED) is 0.864. The molecule has 0 bridgehead atoms. The number of nitrogens with one attached hydrogen (secondary N) is 1. The van der Waals surface area contributed by atoms with Crippen molar-refractivity contribution in [2.24, 2.45) is 0 Å².